The van der Waals surface area contributed by atoms with Crippen LogP contribution in [0.15, 0.2) is 18.2 Å². The van der Waals surface area contributed by atoms with E-state index in [0.29, 0.717) is 11.5 Å². The minimum absolute atomic E-state index is 0.123. The highest BCUT2D eigenvalue weighted by Gasteiger charge is 2.40. The van der Waals surface area contributed by atoms with Gasteiger partial charge >= 0.3 is 6.09 Å². The number of imide groups is 1. The summed E-state index contributed by atoms with van der Waals surface area (Å²) in [6, 6.07) is 5.18. The Morgan fingerprint density at radius 1 is 1.21 bits per heavy atom. The summed E-state index contributed by atoms with van der Waals surface area (Å²) in [5.74, 6) is 0.869. The normalized spacial score (nSPS) is 22.2. The molecule has 3 fully saturated rings. The fourth-order valence-electron chi connectivity index (χ4n) is 4.46. The molecule has 1 aliphatic carbocycles. The van der Waals surface area contributed by atoms with E-state index in [9.17, 15) is 9.59 Å². The van der Waals surface area contributed by atoms with Crippen molar-refractivity contribution in [3.8, 4) is 11.5 Å². The van der Waals surface area contributed by atoms with Crippen LogP contribution in [0.3, 0.4) is 0 Å². The summed E-state index contributed by atoms with van der Waals surface area (Å²) in [6.07, 6.45) is 3.44. The van der Waals surface area contributed by atoms with Crippen molar-refractivity contribution >= 4 is 12.0 Å². The lowest BCUT2D eigenvalue weighted by Gasteiger charge is -2.25. The summed E-state index contributed by atoms with van der Waals surface area (Å²) in [5, 5.41) is 11.4. The average molecular weight is 465 g/mol. The summed E-state index contributed by atoms with van der Waals surface area (Å²) in [5.41, 5.74) is 6.21. The van der Waals surface area contributed by atoms with Crippen LogP contribution in [0.25, 0.3) is 0 Å². The second kappa shape index (κ2) is 12.2. The lowest BCUT2D eigenvalue weighted by atomic mass is 10.0. The zero-order chi connectivity index (χ0) is 23.8. The second-order valence-corrected chi connectivity index (χ2v) is 8.46. The average Bonchev–Trinajstić information content (AvgIpc) is 3.42. The molecule has 0 aromatic heterocycles. The Kier molecular flexibility index (Phi) is 9.30. The first kappa shape index (κ1) is 25.2. The third-order valence-corrected chi connectivity index (χ3v) is 6.27. The zero-order valence-electron chi connectivity index (χ0n) is 19.6. The van der Waals surface area contributed by atoms with Crippen LogP contribution < -0.4 is 15.2 Å². The van der Waals surface area contributed by atoms with Gasteiger partial charge in [-0.1, -0.05) is 6.07 Å². The monoisotopic (exact) mass is 464 g/mol. The van der Waals surface area contributed by atoms with Crippen molar-refractivity contribution in [3.63, 3.8) is 0 Å². The third kappa shape index (κ3) is 6.57. The summed E-state index contributed by atoms with van der Waals surface area (Å²) >= 11 is 0. The number of carbonyl (C=O) groups is 2. The molecule has 2 amide bonds. The van der Waals surface area contributed by atoms with Crippen molar-refractivity contribution in [1.82, 2.24) is 14.9 Å². The molecule has 184 valence electrons. The molecule has 0 radical (unpaired) electrons. The van der Waals surface area contributed by atoms with Gasteiger partial charge in [0.05, 0.1) is 38.9 Å². The Morgan fingerprint density at radius 2 is 1.91 bits per heavy atom. The first-order valence-corrected chi connectivity index (χ1v) is 11.6. The zero-order valence-corrected chi connectivity index (χ0v) is 19.6. The van der Waals surface area contributed by atoms with E-state index in [2.05, 4.69) is 4.90 Å². The molecule has 1 aromatic rings. The predicted octanol–water partition coefficient (Wildman–Crippen LogP) is 2.09. The van der Waals surface area contributed by atoms with Crippen molar-refractivity contribution in [3.05, 3.63) is 23.8 Å². The molecule has 0 bridgehead atoms. The fourth-order valence-corrected chi connectivity index (χ4v) is 4.46. The second-order valence-electron chi connectivity index (χ2n) is 8.46. The van der Waals surface area contributed by atoms with E-state index in [1.165, 1.54) is 17.9 Å². The van der Waals surface area contributed by atoms with Crippen molar-refractivity contribution in [2.75, 3.05) is 53.6 Å². The SMILES string of the molecule is COc1ccc(C2CC(=O)N(C(=O)O)N2C)cc1OC1CCCC1.NCCN1CCOCC1. The highest BCUT2D eigenvalue weighted by molar-refractivity contribution is 5.92. The number of ether oxygens (including phenoxy) is 3. The molecule has 3 aliphatic rings. The Hall–Kier alpha value is -2.40. The van der Waals surface area contributed by atoms with Crippen LogP contribution in [0.4, 0.5) is 4.79 Å². The Bertz CT molecular complexity index is 792. The van der Waals surface area contributed by atoms with Crippen molar-refractivity contribution in [2.24, 2.45) is 5.73 Å². The van der Waals surface area contributed by atoms with Crippen molar-refractivity contribution in [1.29, 1.82) is 0 Å². The highest BCUT2D eigenvalue weighted by Crippen LogP contribution is 2.38. The molecule has 2 aliphatic heterocycles. The topological polar surface area (TPSA) is 118 Å². The van der Waals surface area contributed by atoms with Gasteiger partial charge in [-0.15, -0.1) is 0 Å². The van der Waals surface area contributed by atoms with E-state index in [0.717, 1.165) is 62.8 Å². The molecular weight excluding hydrogens is 428 g/mol. The molecule has 4 rings (SSSR count). The van der Waals surface area contributed by atoms with Crippen LogP contribution in [0.1, 0.15) is 43.7 Å². The minimum atomic E-state index is -1.26. The van der Waals surface area contributed by atoms with Gasteiger partial charge in [0.15, 0.2) is 11.5 Å². The number of nitrogens with zero attached hydrogens (tertiary/aromatic N) is 3. The molecule has 33 heavy (non-hydrogen) atoms. The fraction of sp³-hybridized carbons (Fsp3) is 0.652. The summed E-state index contributed by atoms with van der Waals surface area (Å²) < 4.78 is 16.6. The Morgan fingerprint density at radius 3 is 2.48 bits per heavy atom. The molecule has 2 saturated heterocycles. The molecular formula is C23H36N4O6. The van der Waals surface area contributed by atoms with Gasteiger partial charge < -0.3 is 25.1 Å². The van der Waals surface area contributed by atoms with Gasteiger partial charge in [0.1, 0.15) is 0 Å². The van der Waals surface area contributed by atoms with E-state index in [1.807, 2.05) is 12.1 Å². The van der Waals surface area contributed by atoms with E-state index >= 15 is 0 Å². The van der Waals surface area contributed by atoms with Crippen molar-refractivity contribution < 1.29 is 28.9 Å². The number of hydrazine groups is 1. The van der Waals surface area contributed by atoms with E-state index in [4.69, 9.17) is 25.1 Å². The van der Waals surface area contributed by atoms with Crippen LogP contribution in [0.2, 0.25) is 0 Å². The molecule has 1 aromatic carbocycles. The number of methoxy groups -OCH3 is 1. The maximum atomic E-state index is 11.9. The van der Waals surface area contributed by atoms with Gasteiger partial charge in [-0.05, 0) is 43.4 Å². The van der Waals surface area contributed by atoms with Crippen molar-refractivity contribution in [2.45, 2.75) is 44.2 Å². The molecule has 0 spiro atoms. The molecule has 10 nitrogen and oxygen atoms in total. The maximum absolute atomic E-state index is 11.9. The first-order chi connectivity index (χ1) is 15.9. The molecule has 2 heterocycles. The van der Waals surface area contributed by atoms with E-state index < -0.39 is 12.0 Å². The third-order valence-electron chi connectivity index (χ3n) is 6.27. The Labute approximate surface area is 195 Å². The number of nitrogens with two attached hydrogens (primary N) is 1. The highest BCUT2D eigenvalue weighted by atomic mass is 16.5. The van der Waals surface area contributed by atoms with Crippen LogP contribution >= 0.6 is 0 Å². The lowest BCUT2D eigenvalue weighted by molar-refractivity contribution is -0.133. The smallest absolute Gasteiger partial charge is 0.429 e. The van der Waals surface area contributed by atoms with Gasteiger partial charge in [-0.2, -0.15) is 5.01 Å². The molecule has 10 heteroatoms. The van der Waals surface area contributed by atoms with E-state index in [-0.39, 0.29) is 18.6 Å². The van der Waals surface area contributed by atoms with Gasteiger partial charge in [-0.25, -0.2) is 9.80 Å². The largest absolute Gasteiger partial charge is 0.493 e. The van der Waals surface area contributed by atoms with Crippen LogP contribution in [-0.2, 0) is 9.53 Å². The van der Waals surface area contributed by atoms with Crippen LogP contribution in [0.5, 0.6) is 11.5 Å². The summed E-state index contributed by atoms with van der Waals surface area (Å²) in [4.78, 5) is 25.5. The number of hydrogen-bond donors (Lipinski definition) is 2. The number of rotatable bonds is 6. The molecule has 1 saturated carbocycles. The number of carboxylic acid groups (broad SMARTS) is 1. The summed E-state index contributed by atoms with van der Waals surface area (Å²) in [6.45, 7) is 5.64. The first-order valence-electron chi connectivity index (χ1n) is 11.6. The van der Waals surface area contributed by atoms with Gasteiger partial charge in [0, 0.05) is 33.2 Å². The van der Waals surface area contributed by atoms with Gasteiger partial charge in [0.2, 0.25) is 5.91 Å². The number of morpholine rings is 1. The molecule has 1 unspecified atom stereocenters. The maximum Gasteiger partial charge on any atom is 0.429 e. The van der Waals surface area contributed by atoms with Gasteiger partial charge in [-0.3, -0.25) is 9.69 Å². The van der Waals surface area contributed by atoms with E-state index in [1.54, 1.807) is 20.2 Å². The standard InChI is InChI=1S/C17H22N2O5.C6H14N2O/c1-18-13(10-16(20)19(18)17(21)22)11-7-8-14(23-2)15(9-11)24-12-5-3-4-6-12;7-1-2-8-3-5-9-6-4-8/h7-9,12-13H,3-6,10H2,1-2H3,(H,21,22);1-7H2. The number of benzene rings is 1. The molecule has 3 N–H and O–H groups in total. The lowest BCUT2D eigenvalue weighted by Crippen LogP contribution is -2.40. The number of amides is 2. The summed E-state index contributed by atoms with van der Waals surface area (Å²) in [7, 11) is 3.19. The van der Waals surface area contributed by atoms with Crippen LogP contribution in [0, 0.1) is 0 Å². The van der Waals surface area contributed by atoms with Crippen LogP contribution in [-0.4, -0.2) is 91.7 Å². The predicted molar refractivity (Wildman–Crippen MR) is 122 cm³/mol. The Balaban J connectivity index is 0.000000286. The quantitative estimate of drug-likeness (QED) is 0.652. The number of carbonyl (C=O) groups excluding carboxylic acids is 1. The van der Waals surface area contributed by atoms with Gasteiger partial charge in [0.25, 0.3) is 0 Å². The molecule has 1 atom stereocenters. The minimum Gasteiger partial charge on any atom is -0.493 e. The number of hydrogen-bond acceptors (Lipinski definition) is 8.